The quantitative estimate of drug-likeness (QED) is 0.298. The minimum atomic E-state index is -0.863. The Bertz CT molecular complexity index is 1880. The summed E-state index contributed by atoms with van der Waals surface area (Å²) >= 11 is 0. The number of phenols is 1. The number of rotatable bonds is 5. The van der Waals surface area contributed by atoms with Crippen molar-refractivity contribution in [2.75, 3.05) is 37.7 Å². The van der Waals surface area contributed by atoms with Crippen molar-refractivity contribution in [2.45, 2.75) is 55.9 Å². The first-order chi connectivity index (χ1) is 21.4. The Kier molecular flexibility index (Phi) is 6.41. The molecule has 4 aliphatic heterocycles. The maximum atomic E-state index is 14.5. The monoisotopic (exact) mass is 587 g/mol. The van der Waals surface area contributed by atoms with Crippen molar-refractivity contribution in [3.8, 4) is 41.2 Å². The predicted molar refractivity (Wildman–Crippen MR) is 170 cm³/mol. The molecule has 4 aliphatic rings. The van der Waals surface area contributed by atoms with Gasteiger partial charge in [-0.05, 0) is 73.0 Å². The summed E-state index contributed by atoms with van der Waals surface area (Å²) in [7, 11) is 0. The number of nitrogens with zero attached hydrogens (tertiary/aromatic N) is 4. The number of halogens is 1. The van der Waals surface area contributed by atoms with Crippen molar-refractivity contribution in [1.82, 2.24) is 15.2 Å². The van der Waals surface area contributed by atoms with Gasteiger partial charge in [-0.25, -0.2) is 9.37 Å². The predicted octanol–water partition coefficient (Wildman–Crippen LogP) is 5.51. The summed E-state index contributed by atoms with van der Waals surface area (Å²) in [4.78, 5) is 9.51. The highest BCUT2D eigenvalue weighted by atomic mass is 19.1. The Hall–Kier alpha value is -4.37. The van der Waals surface area contributed by atoms with Crippen molar-refractivity contribution >= 4 is 27.4 Å². The molecule has 7 nitrogen and oxygen atoms in total. The van der Waals surface area contributed by atoms with Crippen LogP contribution in [0.1, 0.15) is 43.2 Å². The molecule has 0 spiro atoms. The maximum absolute atomic E-state index is 14.5. The number of nitrogens with one attached hydrogen (secondary N) is 1. The number of alkyl halides is 1. The van der Waals surface area contributed by atoms with Crippen LogP contribution in [0.2, 0.25) is 0 Å². The van der Waals surface area contributed by atoms with Crippen LogP contribution in [0, 0.1) is 23.7 Å². The number of ether oxygens (including phenoxy) is 1. The largest absolute Gasteiger partial charge is 0.508 e. The van der Waals surface area contributed by atoms with E-state index < -0.39 is 6.17 Å². The van der Waals surface area contributed by atoms with Crippen LogP contribution in [-0.2, 0) is 0 Å². The van der Waals surface area contributed by atoms with E-state index in [2.05, 4.69) is 27.1 Å². The van der Waals surface area contributed by atoms with Crippen molar-refractivity contribution in [3.63, 3.8) is 0 Å². The van der Waals surface area contributed by atoms with Gasteiger partial charge >= 0.3 is 0 Å². The van der Waals surface area contributed by atoms with Crippen LogP contribution in [0.25, 0.3) is 32.8 Å². The summed E-state index contributed by atoms with van der Waals surface area (Å²) in [5.74, 6) is 3.24. The van der Waals surface area contributed by atoms with Gasteiger partial charge in [-0.2, -0.15) is 5.26 Å². The van der Waals surface area contributed by atoms with Gasteiger partial charge < -0.3 is 20.1 Å². The van der Waals surface area contributed by atoms with E-state index in [1.54, 1.807) is 12.1 Å². The highest BCUT2D eigenvalue weighted by Crippen LogP contribution is 2.43. The van der Waals surface area contributed by atoms with E-state index in [9.17, 15) is 14.8 Å². The van der Waals surface area contributed by atoms with Crippen LogP contribution in [-0.4, -0.2) is 71.6 Å². The molecule has 0 saturated carbocycles. The molecule has 4 fully saturated rings. The zero-order chi connectivity index (χ0) is 30.0. The van der Waals surface area contributed by atoms with Gasteiger partial charge in [-0.1, -0.05) is 30.2 Å². The lowest BCUT2D eigenvalue weighted by molar-refractivity contribution is 0.110. The molecule has 5 heterocycles. The van der Waals surface area contributed by atoms with E-state index in [1.807, 2.05) is 36.4 Å². The molecule has 0 aliphatic carbocycles. The minimum Gasteiger partial charge on any atom is -0.508 e. The van der Waals surface area contributed by atoms with Gasteiger partial charge in [-0.15, -0.1) is 6.42 Å². The highest BCUT2D eigenvalue weighted by Gasteiger charge is 2.49. The average molecular weight is 588 g/mol. The third kappa shape index (κ3) is 4.36. The number of anilines is 1. The van der Waals surface area contributed by atoms with Gasteiger partial charge in [0, 0.05) is 54.5 Å². The van der Waals surface area contributed by atoms with Gasteiger partial charge in [0.1, 0.15) is 30.2 Å². The van der Waals surface area contributed by atoms with E-state index in [-0.39, 0.29) is 11.3 Å². The SMILES string of the molecule is C#Cc1cccc2cc(O)cc(-c3ccc4c(N5C[C@H]6CC[C@@H](C5)N6)c(C#N)c(OC[C@@]56CCCN5C[C@H](F)C6)nc4c3)c12. The molecule has 4 saturated heterocycles. The van der Waals surface area contributed by atoms with Crippen LogP contribution in [0.15, 0.2) is 48.5 Å². The molecular formula is C36H34FN5O2. The Labute approximate surface area is 256 Å². The minimum absolute atomic E-state index is 0.152. The molecule has 44 heavy (non-hydrogen) atoms. The maximum Gasteiger partial charge on any atom is 0.234 e. The van der Waals surface area contributed by atoms with Crippen LogP contribution < -0.4 is 15.0 Å². The second-order valence-electron chi connectivity index (χ2n) is 12.9. The Morgan fingerprint density at radius 2 is 1.98 bits per heavy atom. The van der Waals surface area contributed by atoms with Crippen molar-refractivity contribution in [1.29, 1.82) is 5.26 Å². The number of aromatic hydroxyl groups is 1. The standard InChI is InChI=1S/C36H34FN5O2/c1-2-22-5-3-6-24-13-28(43)15-30(33(22)24)23-7-10-29-32(14-23)40-35(44-21-36-11-4-12-42(36)18-25(37)16-36)31(17-38)34(29)41-19-26-8-9-27(20-41)39-26/h1,3,5-7,10,13-15,25-27,39,43H,4,8-9,11-12,16,18-21H2/t25-,26-,27+,36+/m1/s1. The van der Waals surface area contributed by atoms with Crippen LogP contribution >= 0.6 is 0 Å². The number of benzene rings is 3. The number of hydrogen-bond acceptors (Lipinski definition) is 7. The fourth-order valence-electron chi connectivity index (χ4n) is 8.32. The van der Waals surface area contributed by atoms with Gasteiger partial charge in [0.15, 0.2) is 0 Å². The number of piperazine rings is 1. The van der Waals surface area contributed by atoms with Crippen molar-refractivity contribution in [3.05, 3.63) is 59.7 Å². The van der Waals surface area contributed by atoms with Crippen molar-refractivity contribution in [2.24, 2.45) is 0 Å². The lowest BCUT2D eigenvalue weighted by Crippen LogP contribution is -2.51. The van der Waals surface area contributed by atoms with Gasteiger partial charge in [0.05, 0.1) is 16.7 Å². The van der Waals surface area contributed by atoms with E-state index >= 15 is 0 Å². The lowest BCUT2D eigenvalue weighted by Gasteiger charge is -2.36. The van der Waals surface area contributed by atoms with E-state index in [0.717, 1.165) is 83.9 Å². The zero-order valence-electron chi connectivity index (χ0n) is 24.5. The molecule has 8 rings (SSSR count). The van der Waals surface area contributed by atoms with Crippen LogP contribution in [0.5, 0.6) is 11.6 Å². The second kappa shape index (κ2) is 10.4. The van der Waals surface area contributed by atoms with Crippen LogP contribution in [0.3, 0.4) is 0 Å². The summed E-state index contributed by atoms with van der Waals surface area (Å²) in [5.41, 5.74) is 4.03. The summed E-state index contributed by atoms with van der Waals surface area (Å²) in [6.45, 7) is 3.21. The first-order valence-electron chi connectivity index (χ1n) is 15.6. The third-order valence-corrected chi connectivity index (χ3v) is 10.2. The number of terminal acetylenes is 1. The third-order valence-electron chi connectivity index (χ3n) is 10.2. The summed E-state index contributed by atoms with van der Waals surface area (Å²) in [6.07, 6.45) is 9.60. The number of phenolic OH excluding ortho intramolecular Hbond substituents is 1. The molecule has 3 aromatic carbocycles. The molecule has 4 atom stereocenters. The number of nitriles is 1. The first kappa shape index (κ1) is 27.2. The molecule has 0 unspecified atom stereocenters. The van der Waals surface area contributed by atoms with Gasteiger partial charge in [-0.3, -0.25) is 4.90 Å². The molecule has 2 N–H and O–H groups in total. The fourth-order valence-corrected chi connectivity index (χ4v) is 8.32. The molecular weight excluding hydrogens is 553 g/mol. The smallest absolute Gasteiger partial charge is 0.234 e. The molecule has 4 aromatic rings. The number of pyridine rings is 1. The number of aromatic nitrogens is 1. The summed E-state index contributed by atoms with van der Waals surface area (Å²) < 4.78 is 21.0. The summed E-state index contributed by atoms with van der Waals surface area (Å²) in [6, 6.07) is 18.4. The highest BCUT2D eigenvalue weighted by molar-refractivity contribution is 6.04. The zero-order valence-corrected chi connectivity index (χ0v) is 24.5. The molecule has 1 aromatic heterocycles. The molecule has 0 amide bonds. The van der Waals surface area contributed by atoms with E-state index in [0.29, 0.717) is 48.6 Å². The second-order valence-corrected chi connectivity index (χ2v) is 12.9. The number of hydrogen-bond donors (Lipinski definition) is 2. The Morgan fingerprint density at radius 1 is 1.14 bits per heavy atom. The Balaban J connectivity index is 1.29. The molecule has 222 valence electrons. The normalized spacial score (nSPS) is 26.2. The van der Waals surface area contributed by atoms with Crippen molar-refractivity contribution < 1.29 is 14.2 Å². The topological polar surface area (TPSA) is 84.6 Å². The Morgan fingerprint density at radius 3 is 2.77 bits per heavy atom. The molecule has 0 radical (unpaired) electrons. The lowest BCUT2D eigenvalue weighted by atomic mass is 9.93. The first-order valence-corrected chi connectivity index (χ1v) is 15.6. The van der Waals surface area contributed by atoms with E-state index in [4.69, 9.17) is 16.1 Å². The average Bonchev–Trinajstić information content (AvgIpc) is 3.68. The van der Waals surface area contributed by atoms with Gasteiger partial charge in [0.2, 0.25) is 5.88 Å². The van der Waals surface area contributed by atoms with Gasteiger partial charge in [0.25, 0.3) is 0 Å². The molecule has 2 bridgehead atoms. The summed E-state index contributed by atoms with van der Waals surface area (Å²) in [5, 5.41) is 27.5. The fraction of sp³-hybridized carbons (Fsp3) is 0.389. The number of fused-ring (bicyclic) bond motifs is 5. The van der Waals surface area contributed by atoms with E-state index in [1.165, 1.54) is 0 Å². The molecule has 8 heteroatoms. The van der Waals surface area contributed by atoms with Crippen LogP contribution in [0.4, 0.5) is 10.1 Å².